The van der Waals surface area contributed by atoms with E-state index in [0.717, 1.165) is 65.0 Å². The molecule has 19 heavy (non-hydrogen) atoms. The fraction of sp³-hybridized carbons (Fsp3) is 1.00. The summed E-state index contributed by atoms with van der Waals surface area (Å²) in [6, 6.07) is 0.466. The van der Waals surface area contributed by atoms with Crippen molar-refractivity contribution in [1.29, 1.82) is 0 Å². The second-order valence-electron chi connectivity index (χ2n) is 5.94. The van der Waals surface area contributed by atoms with Crippen LogP contribution in [0.15, 0.2) is 0 Å². The molecule has 1 saturated heterocycles. The quantitative estimate of drug-likeness (QED) is 0.784. The summed E-state index contributed by atoms with van der Waals surface area (Å²) in [5, 5.41) is -0.117. The lowest BCUT2D eigenvalue weighted by atomic mass is 9.93. The van der Waals surface area contributed by atoms with Crippen molar-refractivity contribution in [3.05, 3.63) is 0 Å². The van der Waals surface area contributed by atoms with E-state index in [4.69, 9.17) is 5.73 Å². The first-order valence-electron chi connectivity index (χ1n) is 7.36. The van der Waals surface area contributed by atoms with E-state index in [1.165, 1.54) is 6.26 Å². The van der Waals surface area contributed by atoms with Crippen LogP contribution in [0.3, 0.4) is 0 Å². The maximum Gasteiger partial charge on any atom is 0.150 e. The van der Waals surface area contributed by atoms with Gasteiger partial charge in [0.1, 0.15) is 9.84 Å². The Labute approximate surface area is 117 Å². The molecule has 1 saturated carbocycles. The topological polar surface area (TPSA) is 66.6 Å². The number of nitrogens with two attached hydrogens (primary N) is 1. The Hall–Kier alpha value is -0.170. The first kappa shape index (κ1) is 15.2. The Bertz CT molecular complexity index is 377. The van der Waals surface area contributed by atoms with Gasteiger partial charge in [0.2, 0.25) is 0 Å². The van der Waals surface area contributed by atoms with Gasteiger partial charge in [-0.05, 0) is 19.3 Å². The number of nitrogens with zero attached hydrogens (tertiary/aromatic N) is 2. The van der Waals surface area contributed by atoms with Gasteiger partial charge >= 0.3 is 0 Å². The van der Waals surface area contributed by atoms with Crippen molar-refractivity contribution in [2.24, 2.45) is 5.73 Å². The highest BCUT2D eigenvalue weighted by Crippen LogP contribution is 2.27. The Kier molecular flexibility index (Phi) is 5.22. The van der Waals surface area contributed by atoms with Gasteiger partial charge in [0.15, 0.2) is 0 Å². The minimum atomic E-state index is -2.87. The molecule has 5 nitrogen and oxygen atoms in total. The molecule has 2 fully saturated rings. The van der Waals surface area contributed by atoms with Crippen LogP contribution in [0.5, 0.6) is 0 Å². The summed E-state index contributed by atoms with van der Waals surface area (Å²) >= 11 is 0. The molecule has 2 rings (SSSR count). The van der Waals surface area contributed by atoms with Gasteiger partial charge in [0, 0.05) is 51.6 Å². The molecular formula is C13H27N3O2S. The highest BCUT2D eigenvalue weighted by molar-refractivity contribution is 7.91. The third kappa shape index (κ3) is 4.15. The third-order valence-corrected chi connectivity index (χ3v) is 6.21. The first-order chi connectivity index (χ1) is 9.00. The largest absolute Gasteiger partial charge is 0.329 e. The van der Waals surface area contributed by atoms with E-state index in [1.807, 2.05) is 0 Å². The molecular weight excluding hydrogens is 262 g/mol. The first-order valence-corrected chi connectivity index (χ1v) is 9.31. The fourth-order valence-electron chi connectivity index (χ4n) is 3.38. The van der Waals surface area contributed by atoms with Crippen LogP contribution < -0.4 is 5.73 Å². The predicted octanol–water partition coefficient (Wildman–Crippen LogP) is -0.0815. The van der Waals surface area contributed by atoms with Gasteiger partial charge in [-0.1, -0.05) is 6.42 Å². The minimum Gasteiger partial charge on any atom is -0.329 e. The van der Waals surface area contributed by atoms with Crippen LogP contribution in [0, 0.1) is 0 Å². The number of rotatable bonds is 4. The van der Waals surface area contributed by atoms with Crippen molar-refractivity contribution in [2.75, 3.05) is 45.5 Å². The lowest BCUT2D eigenvalue weighted by Crippen LogP contribution is -2.52. The van der Waals surface area contributed by atoms with E-state index in [1.54, 1.807) is 0 Å². The van der Waals surface area contributed by atoms with Crippen molar-refractivity contribution in [3.63, 3.8) is 0 Å². The summed E-state index contributed by atoms with van der Waals surface area (Å²) in [4.78, 5) is 4.89. The molecule has 0 aromatic carbocycles. The van der Waals surface area contributed by atoms with Crippen LogP contribution >= 0.6 is 0 Å². The fourth-order valence-corrected chi connectivity index (χ4v) is 4.54. The molecule has 1 aliphatic heterocycles. The molecule has 0 amide bonds. The van der Waals surface area contributed by atoms with E-state index in [9.17, 15) is 8.42 Å². The molecule has 0 bridgehead atoms. The standard InChI is InChI=1S/C13H27N3O2S/c1-19(17,18)13-4-2-3-12(11-13)16-9-7-15(6-5-14)8-10-16/h12-13H,2-11,14H2,1H3. The van der Waals surface area contributed by atoms with Gasteiger partial charge in [-0.25, -0.2) is 8.42 Å². The smallest absolute Gasteiger partial charge is 0.150 e. The Morgan fingerprint density at radius 3 is 2.42 bits per heavy atom. The van der Waals surface area contributed by atoms with Gasteiger partial charge in [0.05, 0.1) is 5.25 Å². The maximum absolute atomic E-state index is 11.7. The molecule has 6 heteroatoms. The van der Waals surface area contributed by atoms with Gasteiger partial charge in [0.25, 0.3) is 0 Å². The van der Waals surface area contributed by atoms with Crippen LogP contribution in [-0.4, -0.2) is 75.0 Å². The molecule has 2 atom stereocenters. The van der Waals surface area contributed by atoms with Gasteiger partial charge < -0.3 is 5.73 Å². The van der Waals surface area contributed by atoms with Crippen molar-refractivity contribution in [2.45, 2.75) is 37.0 Å². The van der Waals surface area contributed by atoms with Crippen molar-refractivity contribution >= 4 is 9.84 Å². The van der Waals surface area contributed by atoms with Gasteiger partial charge in [-0.2, -0.15) is 0 Å². The zero-order chi connectivity index (χ0) is 13.9. The Balaban J connectivity index is 1.86. The van der Waals surface area contributed by atoms with Crippen molar-refractivity contribution < 1.29 is 8.42 Å². The van der Waals surface area contributed by atoms with Crippen LogP contribution in [0.1, 0.15) is 25.7 Å². The molecule has 0 radical (unpaired) electrons. The normalized spacial score (nSPS) is 31.5. The number of piperazine rings is 1. The Morgan fingerprint density at radius 2 is 1.84 bits per heavy atom. The molecule has 0 spiro atoms. The second kappa shape index (κ2) is 6.52. The molecule has 1 heterocycles. The zero-order valence-corrected chi connectivity index (χ0v) is 12.7. The van der Waals surface area contributed by atoms with Crippen LogP contribution in [0.4, 0.5) is 0 Å². The summed E-state index contributed by atoms with van der Waals surface area (Å²) in [5.74, 6) is 0. The van der Waals surface area contributed by atoms with Crippen LogP contribution in [0.2, 0.25) is 0 Å². The second-order valence-corrected chi connectivity index (χ2v) is 8.26. The van der Waals surface area contributed by atoms with Gasteiger partial charge in [-0.15, -0.1) is 0 Å². The molecule has 2 N–H and O–H groups in total. The summed E-state index contributed by atoms with van der Waals surface area (Å²) < 4.78 is 23.4. The number of hydrogen-bond donors (Lipinski definition) is 1. The number of hydrogen-bond acceptors (Lipinski definition) is 5. The van der Waals surface area contributed by atoms with E-state index < -0.39 is 9.84 Å². The zero-order valence-electron chi connectivity index (χ0n) is 11.9. The van der Waals surface area contributed by atoms with Crippen molar-refractivity contribution in [3.8, 4) is 0 Å². The van der Waals surface area contributed by atoms with E-state index in [2.05, 4.69) is 9.80 Å². The van der Waals surface area contributed by atoms with E-state index in [-0.39, 0.29) is 5.25 Å². The van der Waals surface area contributed by atoms with Crippen LogP contribution in [0.25, 0.3) is 0 Å². The summed E-state index contributed by atoms with van der Waals surface area (Å²) in [6.07, 6.45) is 5.27. The predicted molar refractivity (Wildman–Crippen MR) is 78.0 cm³/mol. The lowest BCUT2D eigenvalue weighted by molar-refractivity contribution is 0.0812. The molecule has 1 aliphatic carbocycles. The number of sulfone groups is 1. The summed E-state index contributed by atoms with van der Waals surface area (Å²) in [5.41, 5.74) is 5.58. The molecule has 0 aromatic rings. The molecule has 112 valence electrons. The minimum absolute atomic E-state index is 0.117. The average Bonchev–Trinajstić information content (AvgIpc) is 2.39. The van der Waals surface area contributed by atoms with Gasteiger partial charge in [-0.3, -0.25) is 9.80 Å². The SMILES string of the molecule is CS(=O)(=O)C1CCCC(N2CCN(CCN)CC2)C1. The van der Waals surface area contributed by atoms with E-state index >= 15 is 0 Å². The van der Waals surface area contributed by atoms with Crippen molar-refractivity contribution in [1.82, 2.24) is 9.80 Å². The monoisotopic (exact) mass is 289 g/mol. The van der Waals surface area contributed by atoms with Crippen LogP contribution in [-0.2, 0) is 9.84 Å². The maximum atomic E-state index is 11.7. The highest BCUT2D eigenvalue weighted by Gasteiger charge is 2.32. The molecule has 2 unspecified atom stereocenters. The lowest BCUT2D eigenvalue weighted by Gasteiger charge is -2.42. The van der Waals surface area contributed by atoms with E-state index in [0.29, 0.717) is 6.04 Å². The highest BCUT2D eigenvalue weighted by atomic mass is 32.2. The average molecular weight is 289 g/mol. The third-order valence-electron chi connectivity index (χ3n) is 4.57. The summed E-state index contributed by atoms with van der Waals surface area (Å²) in [6.45, 7) is 5.95. The summed E-state index contributed by atoms with van der Waals surface area (Å²) in [7, 11) is -2.87. The molecule has 0 aromatic heterocycles. The molecule has 2 aliphatic rings. The Morgan fingerprint density at radius 1 is 1.16 bits per heavy atom.